The van der Waals surface area contributed by atoms with Crippen LogP contribution in [0.1, 0.15) is 24.7 Å². The van der Waals surface area contributed by atoms with E-state index in [-0.39, 0.29) is 11.7 Å². The largest absolute Gasteiger partial charge is 0.423 e. The van der Waals surface area contributed by atoms with Crippen LogP contribution in [-0.2, 0) is 0 Å². The van der Waals surface area contributed by atoms with Crippen LogP contribution in [0.4, 0.5) is 10.4 Å². The zero-order chi connectivity index (χ0) is 18.2. The Bertz CT molecular complexity index is 1040. The van der Waals surface area contributed by atoms with Gasteiger partial charge in [0, 0.05) is 18.7 Å². The molecule has 0 N–H and O–H groups in total. The number of para-hydroxylation sites is 2. The second-order valence-electron chi connectivity index (χ2n) is 6.71. The number of piperidine rings is 1. The van der Waals surface area contributed by atoms with Gasteiger partial charge in [-0.05, 0) is 49.2 Å². The molecule has 4 aromatic rings. The first kappa shape index (κ1) is 16.0. The second-order valence-corrected chi connectivity index (χ2v) is 6.71. The van der Waals surface area contributed by atoms with Crippen molar-refractivity contribution in [3.63, 3.8) is 0 Å². The monoisotopic (exact) mass is 364 g/mol. The Hall–Kier alpha value is -3.22. The van der Waals surface area contributed by atoms with E-state index in [1.165, 1.54) is 12.1 Å². The maximum absolute atomic E-state index is 13.1. The van der Waals surface area contributed by atoms with Crippen molar-refractivity contribution in [2.24, 2.45) is 0 Å². The van der Waals surface area contributed by atoms with Crippen molar-refractivity contribution in [2.45, 2.75) is 18.8 Å². The number of halogens is 1. The molecule has 0 spiro atoms. The first-order chi connectivity index (χ1) is 13.3. The third-order valence-corrected chi connectivity index (χ3v) is 4.87. The van der Waals surface area contributed by atoms with Crippen LogP contribution >= 0.6 is 0 Å². The average molecular weight is 364 g/mol. The smallest absolute Gasteiger partial charge is 0.298 e. The van der Waals surface area contributed by atoms with Gasteiger partial charge in [0.2, 0.25) is 11.7 Å². The van der Waals surface area contributed by atoms with Gasteiger partial charge in [-0.3, -0.25) is 0 Å². The Balaban J connectivity index is 1.37. The molecule has 0 unspecified atom stereocenters. The molecular weight excluding hydrogens is 347 g/mol. The van der Waals surface area contributed by atoms with Gasteiger partial charge in [0.15, 0.2) is 5.58 Å². The van der Waals surface area contributed by atoms with E-state index in [1.807, 2.05) is 24.3 Å². The first-order valence-electron chi connectivity index (χ1n) is 8.96. The second kappa shape index (κ2) is 6.50. The minimum absolute atomic E-state index is 0.107. The Labute approximate surface area is 154 Å². The van der Waals surface area contributed by atoms with Gasteiger partial charge in [-0.15, -0.1) is 0 Å². The van der Waals surface area contributed by atoms with Crippen molar-refractivity contribution in [3.05, 3.63) is 60.2 Å². The fraction of sp³-hybridized carbons (Fsp3) is 0.250. The van der Waals surface area contributed by atoms with Crippen LogP contribution in [0.25, 0.3) is 22.5 Å². The zero-order valence-electron chi connectivity index (χ0n) is 14.5. The SMILES string of the molecule is Fc1ccc(-c2noc([C@@H]3CCCN(c4nc5ccccc5o4)C3)n2)cc1. The van der Waals surface area contributed by atoms with Crippen molar-refractivity contribution in [1.29, 1.82) is 0 Å². The molecule has 2 aromatic heterocycles. The molecule has 3 heterocycles. The van der Waals surface area contributed by atoms with Crippen molar-refractivity contribution in [1.82, 2.24) is 15.1 Å². The number of aromatic nitrogens is 3. The molecule has 1 aliphatic rings. The lowest BCUT2D eigenvalue weighted by Crippen LogP contribution is -2.34. The number of benzene rings is 2. The summed E-state index contributed by atoms with van der Waals surface area (Å²) in [7, 11) is 0. The molecule has 1 saturated heterocycles. The van der Waals surface area contributed by atoms with Crippen molar-refractivity contribution in [2.75, 3.05) is 18.0 Å². The predicted octanol–water partition coefficient (Wildman–Crippen LogP) is 4.40. The van der Waals surface area contributed by atoms with E-state index >= 15 is 0 Å². The zero-order valence-corrected chi connectivity index (χ0v) is 14.5. The van der Waals surface area contributed by atoms with Crippen molar-refractivity contribution in [3.8, 4) is 11.4 Å². The number of anilines is 1. The standard InChI is InChI=1S/C20H17FN4O2/c21-15-9-7-13(8-10-15)18-23-19(27-24-18)14-4-3-11-25(12-14)20-22-16-5-1-2-6-17(16)26-20/h1-2,5-10,14H,3-4,11-12H2/t14-/m1/s1. The van der Waals surface area contributed by atoms with Gasteiger partial charge in [-0.25, -0.2) is 4.39 Å². The summed E-state index contributed by atoms with van der Waals surface area (Å²) in [5.74, 6) is 0.887. The van der Waals surface area contributed by atoms with Crippen LogP contribution in [0.3, 0.4) is 0 Å². The van der Waals surface area contributed by atoms with Crippen LogP contribution < -0.4 is 4.90 Å². The first-order valence-corrected chi connectivity index (χ1v) is 8.96. The van der Waals surface area contributed by atoms with E-state index in [0.29, 0.717) is 24.3 Å². The summed E-state index contributed by atoms with van der Waals surface area (Å²) in [5.41, 5.74) is 2.37. The molecular formula is C20H17FN4O2. The molecule has 0 amide bonds. The molecule has 7 heteroatoms. The van der Waals surface area contributed by atoms with E-state index in [9.17, 15) is 4.39 Å². The van der Waals surface area contributed by atoms with E-state index in [4.69, 9.17) is 8.94 Å². The van der Waals surface area contributed by atoms with Gasteiger partial charge in [0.25, 0.3) is 6.01 Å². The summed E-state index contributed by atoms with van der Waals surface area (Å²) in [6, 6.07) is 14.4. The van der Waals surface area contributed by atoms with Gasteiger partial charge >= 0.3 is 0 Å². The topological polar surface area (TPSA) is 68.2 Å². The minimum atomic E-state index is -0.288. The van der Waals surface area contributed by atoms with Crippen LogP contribution in [0, 0.1) is 5.82 Å². The molecule has 136 valence electrons. The molecule has 1 fully saturated rings. The van der Waals surface area contributed by atoms with Gasteiger partial charge in [-0.1, -0.05) is 17.3 Å². The summed E-state index contributed by atoms with van der Waals surface area (Å²) >= 11 is 0. The maximum Gasteiger partial charge on any atom is 0.298 e. The molecule has 27 heavy (non-hydrogen) atoms. The van der Waals surface area contributed by atoms with Crippen LogP contribution in [-0.4, -0.2) is 28.2 Å². The highest BCUT2D eigenvalue weighted by atomic mass is 19.1. The number of rotatable bonds is 3. The van der Waals surface area contributed by atoms with Crippen molar-refractivity contribution < 1.29 is 13.3 Å². The quantitative estimate of drug-likeness (QED) is 0.537. The van der Waals surface area contributed by atoms with E-state index in [2.05, 4.69) is 20.0 Å². The number of hydrogen-bond donors (Lipinski definition) is 0. The van der Waals surface area contributed by atoms with Crippen molar-refractivity contribution >= 4 is 17.1 Å². The molecule has 5 rings (SSSR count). The third kappa shape index (κ3) is 3.05. The van der Waals surface area contributed by atoms with Gasteiger partial charge in [0.1, 0.15) is 11.3 Å². The summed E-state index contributed by atoms with van der Waals surface area (Å²) in [4.78, 5) is 11.2. The fourth-order valence-electron chi connectivity index (χ4n) is 3.47. The molecule has 0 radical (unpaired) electrons. The molecule has 1 aliphatic heterocycles. The van der Waals surface area contributed by atoms with Crippen LogP contribution in [0.2, 0.25) is 0 Å². The summed E-state index contributed by atoms with van der Waals surface area (Å²) in [6.07, 6.45) is 1.94. The molecule has 0 bridgehead atoms. The summed E-state index contributed by atoms with van der Waals surface area (Å²) in [5, 5.41) is 4.06. The van der Waals surface area contributed by atoms with Gasteiger partial charge in [0.05, 0.1) is 5.92 Å². The van der Waals surface area contributed by atoms with E-state index in [0.717, 1.165) is 36.0 Å². The highest BCUT2D eigenvalue weighted by molar-refractivity contribution is 5.74. The predicted molar refractivity (Wildman–Crippen MR) is 97.9 cm³/mol. The molecule has 1 atom stereocenters. The summed E-state index contributed by atoms with van der Waals surface area (Å²) in [6.45, 7) is 1.58. The highest BCUT2D eigenvalue weighted by Gasteiger charge is 2.28. The Morgan fingerprint density at radius 3 is 2.74 bits per heavy atom. The van der Waals surface area contributed by atoms with Crippen LogP contribution in [0.5, 0.6) is 0 Å². The molecule has 2 aromatic carbocycles. The number of hydrogen-bond acceptors (Lipinski definition) is 6. The normalized spacial score (nSPS) is 17.5. The minimum Gasteiger partial charge on any atom is -0.423 e. The molecule has 0 saturated carbocycles. The van der Waals surface area contributed by atoms with E-state index in [1.54, 1.807) is 12.1 Å². The number of fused-ring (bicyclic) bond motifs is 1. The van der Waals surface area contributed by atoms with Crippen LogP contribution in [0.15, 0.2) is 57.5 Å². The van der Waals surface area contributed by atoms with E-state index < -0.39 is 0 Å². The molecule has 6 nitrogen and oxygen atoms in total. The Kier molecular flexibility index (Phi) is 3.85. The number of nitrogens with zero attached hydrogens (tertiary/aromatic N) is 4. The third-order valence-electron chi connectivity index (χ3n) is 4.87. The Morgan fingerprint density at radius 1 is 1.04 bits per heavy atom. The summed E-state index contributed by atoms with van der Waals surface area (Å²) < 4.78 is 24.5. The average Bonchev–Trinajstić information content (AvgIpc) is 3.36. The lowest BCUT2D eigenvalue weighted by atomic mass is 9.98. The lowest BCUT2D eigenvalue weighted by molar-refractivity contribution is 0.330. The van der Waals surface area contributed by atoms with Gasteiger partial charge in [-0.2, -0.15) is 9.97 Å². The fourth-order valence-corrected chi connectivity index (χ4v) is 3.47. The number of oxazole rings is 1. The molecule has 0 aliphatic carbocycles. The maximum atomic E-state index is 13.1. The Morgan fingerprint density at radius 2 is 1.89 bits per heavy atom. The lowest BCUT2D eigenvalue weighted by Gasteiger charge is -2.29. The van der Waals surface area contributed by atoms with Gasteiger partial charge < -0.3 is 13.8 Å². The highest BCUT2D eigenvalue weighted by Crippen LogP contribution is 2.31.